The molecule has 1 N–H and O–H groups in total. The lowest BCUT2D eigenvalue weighted by molar-refractivity contribution is 0.0891. The van der Waals surface area contributed by atoms with Crippen LogP contribution in [-0.2, 0) is 0 Å². The van der Waals surface area contributed by atoms with E-state index in [-0.39, 0.29) is 11.7 Å². The van der Waals surface area contributed by atoms with Crippen molar-refractivity contribution in [3.05, 3.63) is 22.6 Å². The first kappa shape index (κ1) is 11.6. The van der Waals surface area contributed by atoms with Crippen molar-refractivity contribution in [1.29, 1.82) is 0 Å². The van der Waals surface area contributed by atoms with Gasteiger partial charge in [0.15, 0.2) is 0 Å². The number of alkyl halides is 1. The maximum atomic E-state index is 11.6. The van der Waals surface area contributed by atoms with Crippen LogP contribution in [0, 0.1) is 0 Å². The summed E-state index contributed by atoms with van der Waals surface area (Å²) in [6.45, 7) is 3.68. The summed E-state index contributed by atoms with van der Waals surface area (Å²) in [7, 11) is 0. The number of halogens is 2. The van der Waals surface area contributed by atoms with Gasteiger partial charge in [-0.15, -0.1) is 11.6 Å². The van der Waals surface area contributed by atoms with E-state index in [1.165, 1.54) is 6.26 Å². The zero-order chi connectivity index (χ0) is 10.8. The van der Waals surface area contributed by atoms with Crippen molar-refractivity contribution in [3.63, 3.8) is 0 Å². The SMILES string of the molecule is CC(C)(CCl)NC(=O)c1occc1Br. The van der Waals surface area contributed by atoms with Gasteiger partial charge in [0.2, 0.25) is 5.76 Å². The van der Waals surface area contributed by atoms with Crippen LogP contribution in [0.15, 0.2) is 21.2 Å². The maximum Gasteiger partial charge on any atom is 0.288 e. The van der Waals surface area contributed by atoms with Crippen molar-refractivity contribution >= 4 is 33.4 Å². The van der Waals surface area contributed by atoms with E-state index in [1.807, 2.05) is 13.8 Å². The number of hydrogen-bond donors (Lipinski definition) is 1. The van der Waals surface area contributed by atoms with Crippen molar-refractivity contribution in [1.82, 2.24) is 5.32 Å². The van der Waals surface area contributed by atoms with Gasteiger partial charge < -0.3 is 9.73 Å². The van der Waals surface area contributed by atoms with E-state index in [0.717, 1.165) is 0 Å². The lowest BCUT2D eigenvalue weighted by Gasteiger charge is -2.22. The molecule has 3 nitrogen and oxygen atoms in total. The predicted molar refractivity (Wildman–Crippen MR) is 58.7 cm³/mol. The first-order chi connectivity index (χ1) is 6.46. The second-order valence-corrected chi connectivity index (χ2v) is 4.69. The Morgan fingerprint density at radius 3 is 2.79 bits per heavy atom. The quantitative estimate of drug-likeness (QED) is 0.865. The zero-order valence-electron chi connectivity index (χ0n) is 7.93. The Morgan fingerprint density at radius 2 is 2.36 bits per heavy atom. The minimum absolute atomic E-state index is 0.267. The third-order valence-electron chi connectivity index (χ3n) is 1.61. The van der Waals surface area contributed by atoms with Crippen LogP contribution in [0.4, 0.5) is 0 Å². The molecular weight excluding hydrogens is 269 g/mol. The molecule has 1 rings (SSSR count). The van der Waals surface area contributed by atoms with Crippen molar-refractivity contribution in [2.75, 3.05) is 5.88 Å². The Kier molecular flexibility index (Phi) is 3.61. The molecule has 0 atom stereocenters. The Labute approximate surface area is 95.9 Å². The molecule has 1 amide bonds. The van der Waals surface area contributed by atoms with Crippen molar-refractivity contribution in [2.24, 2.45) is 0 Å². The first-order valence-corrected chi connectivity index (χ1v) is 5.40. The molecule has 0 fully saturated rings. The molecular formula is C9H11BrClNO2. The molecule has 5 heteroatoms. The summed E-state index contributed by atoms with van der Waals surface area (Å²) < 4.78 is 5.65. The largest absolute Gasteiger partial charge is 0.458 e. The maximum absolute atomic E-state index is 11.6. The molecule has 78 valence electrons. The molecule has 0 aromatic carbocycles. The minimum atomic E-state index is -0.440. The lowest BCUT2D eigenvalue weighted by Crippen LogP contribution is -2.44. The highest BCUT2D eigenvalue weighted by Crippen LogP contribution is 2.18. The number of carbonyl (C=O) groups is 1. The standard InChI is InChI=1S/C9H11BrClNO2/c1-9(2,5-11)12-8(13)7-6(10)3-4-14-7/h3-4H,5H2,1-2H3,(H,12,13). The number of nitrogens with one attached hydrogen (secondary N) is 1. The van der Waals surface area contributed by atoms with Gasteiger partial charge in [-0.05, 0) is 35.8 Å². The molecule has 1 heterocycles. The number of hydrogen-bond acceptors (Lipinski definition) is 2. The van der Waals surface area contributed by atoms with Crippen LogP contribution in [-0.4, -0.2) is 17.3 Å². The van der Waals surface area contributed by atoms with E-state index in [4.69, 9.17) is 16.0 Å². The molecule has 1 aromatic heterocycles. The van der Waals surface area contributed by atoms with Crippen LogP contribution in [0.25, 0.3) is 0 Å². The highest BCUT2D eigenvalue weighted by atomic mass is 79.9. The summed E-state index contributed by atoms with van der Waals surface area (Å²) >= 11 is 8.89. The Balaban J connectivity index is 2.73. The van der Waals surface area contributed by atoms with Crippen LogP contribution < -0.4 is 5.32 Å². The van der Waals surface area contributed by atoms with Crippen LogP contribution in [0.5, 0.6) is 0 Å². The van der Waals surface area contributed by atoms with Crippen LogP contribution in [0.2, 0.25) is 0 Å². The van der Waals surface area contributed by atoms with E-state index < -0.39 is 5.54 Å². The fourth-order valence-electron chi connectivity index (χ4n) is 0.853. The summed E-state index contributed by atoms with van der Waals surface area (Å²) in [6, 6.07) is 1.67. The fourth-order valence-corrected chi connectivity index (χ4v) is 1.30. The Hall–Kier alpha value is -0.480. The number of rotatable bonds is 3. The molecule has 0 aliphatic heterocycles. The highest BCUT2D eigenvalue weighted by Gasteiger charge is 2.22. The van der Waals surface area contributed by atoms with Crippen molar-refractivity contribution in [2.45, 2.75) is 19.4 Å². The summed E-state index contributed by atoms with van der Waals surface area (Å²) in [4.78, 5) is 11.6. The van der Waals surface area contributed by atoms with Crippen molar-refractivity contribution < 1.29 is 9.21 Å². The summed E-state index contributed by atoms with van der Waals surface area (Å²) in [6.07, 6.45) is 1.45. The number of furan rings is 1. The van der Waals surface area contributed by atoms with Gasteiger partial charge >= 0.3 is 0 Å². The third kappa shape index (κ3) is 2.75. The van der Waals surface area contributed by atoms with Gasteiger partial charge in [-0.25, -0.2) is 0 Å². The first-order valence-electron chi connectivity index (χ1n) is 4.08. The van der Waals surface area contributed by atoms with Crippen LogP contribution >= 0.6 is 27.5 Å². The molecule has 0 bridgehead atoms. The highest BCUT2D eigenvalue weighted by molar-refractivity contribution is 9.10. The van der Waals surface area contributed by atoms with E-state index in [9.17, 15) is 4.79 Å². The monoisotopic (exact) mass is 279 g/mol. The number of amides is 1. The molecule has 0 spiro atoms. The molecule has 1 aromatic rings. The Morgan fingerprint density at radius 1 is 1.71 bits per heavy atom. The molecule has 0 radical (unpaired) electrons. The van der Waals surface area contributed by atoms with Gasteiger partial charge in [-0.1, -0.05) is 0 Å². The van der Waals surface area contributed by atoms with Gasteiger partial charge in [-0.3, -0.25) is 4.79 Å². The van der Waals surface area contributed by atoms with Gasteiger partial charge in [0.05, 0.1) is 10.7 Å². The second kappa shape index (κ2) is 4.36. The molecule has 0 saturated carbocycles. The molecule has 14 heavy (non-hydrogen) atoms. The topological polar surface area (TPSA) is 42.2 Å². The van der Waals surface area contributed by atoms with Gasteiger partial charge in [0, 0.05) is 11.4 Å². The smallest absolute Gasteiger partial charge is 0.288 e. The van der Waals surface area contributed by atoms with Crippen LogP contribution in [0.3, 0.4) is 0 Å². The fraction of sp³-hybridized carbons (Fsp3) is 0.444. The van der Waals surface area contributed by atoms with Crippen molar-refractivity contribution in [3.8, 4) is 0 Å². The van der Waals surface area contributed by atoms with Crippen LogP contribution in [0.1, 0.15) is 24.4 Å². The summed E-state index contributed by atoms with van der Waals surface area (Å²) in [5.41, 5.74) is -0.440. The van der Waals surface area contributed by atoms with E-state index in [2.05, 4.69) is 21.2 Å². The summed E-state index contributed by atoms with van der Waals surface area (Å²) in [5, 5.41) is 2.75. The normalized spacial score (nSPS) is 11.4. The lowest BCUT2D eigenvalue weighted by atomic mass is 10.1. The Bertz CT molecular complexity index is 335. The summed E-state index contributed by atoms with van der Waals surface area (Å²) in [5.74, 6) is 0.340. The zero-order valence-corrected chi connectivity index (χ0v) is 10.3. The van der Waals surface area contributed by atoms with E-state index in [1.54, 1.807) is 6.07 Å². The van der Waals surface area contributed by atoms with Gasteiger partial charge in [-0.2, -0.15) is 0 Å². The predicted octanol–water partition coefficient (Wildman–Crippen LogP) is 2.79. The average molecular weight is 281 g/mol. The van der Waals surface area contributed by atoms with E-state index >= 15 is 0 Å². The molecule has 0 aliphatic carbocycles. The third-order valence-corrected chi connectivity index (χ3v) is 2.90. The average Bonchev–Trinajstić information content (AvgIpc) is 2.51. The molecule has 0 saturated heterocycles. The van der Waals surface area contributed by atoms with Gasteiger partial charge in [0.1, 0.15) is 0 Å². The van der Waals surface area contributed by atoms with Gasteiger partial charge in [0.25, 0.3) is 5.91 Å². The molecule has 0 aliphatic rings. The molecule has 0 unspecified atom stereocenters. The minimum Gasteiger partial charge on any atom is -0.458 e. The van der Waals surface area contributed by atoms with E-state index in [0.29, 0.717) is 10.4 Å². The number of carbonyl (C=O) groups excluding carboxylic acids is 1. The second-order valence-electron chi connectivity index (χ2n) is 3.57.